The van der Waals surface area contributed by atoms with E-state index >= 15 is 0 Å². The van der Waals surface area contributed by atoms with E-state index in [1.165, 1.54) is 6.26 Å². The number of hydrogen-bond donors (Lipinski definition) is 0. The van der Waals surface area contributed by atoms with Crippen LogP contribution in [-0.2, 0) is 21.4 Å². The van der Waals surface area contributed by atoms with Crippen molar-refractivity contribution >= 4 is 15.9 Å². The molecule has 2 heterocycles. The molecule has 0 aliphatic carbocycles. The molecule has 0 N–H and O–H groups in total. The first-order chi connectivity index (χ1) is 10.4. The summed E-state index contributed by atoms with van der Waals surface area (Å²) in [7, 11) is -3.47. The maximum atomic E-state index is 12.3. The maximum absolute atomic E-state index is 12.3. The van der Waals surface area contributed by atoms with E-state index in [1.807, 2.05) is 0 Å². The van der Waals surface area contributed by atoms with Gasteiger partial charge in [0.25, 0.3) is 0 Å². The first-order valence-corrected chi connectivity index (χ1v) is 9.22. The van der Waals surface area contributed by atoms with Crippen LogP contribution < -0.4 is 0 Å². The lowest BCUT2D eigenvalue weighted by Gasteiger charge is -2.34. The average molecular weight is 329 g/mol. The van der Waals surface area contributed by atoms with Crippen LogP contribution in [0.2, 0.25) is 0 Å². The molecule has 1 saturated heterocycles. The van der Waals surface area contributed by atoms with Crippen molar-refractivity contribution in [1.29, 1.82) is 0 Å². The normalized spacial score (nSPS) is 17.1. The Hall–Kier alpha value is -1.38. The summed E-state index contributed by atoms with van der Waals surface area (Å²) in [6, 6.07) is 3.39. The summed E-state index contributed by atoms with van der Waals surface area (Å²) < 4.78 is 30.1. The van der Waals surface area contributed by atoms with Crippen LogP contribution in [0, 0.1) is 0 Å². The molecule has 7 nitrogen and oxygen atoms in total. The van der Waals surface area contributed by atoms with E-state index in [1.54, 1.807) is 17.0 Å². The molecule has 8 heteroatoms. The van der Waals surface area contributed by atoms with Gasteiger partial charge in [0.15, 0.2) is 0 Å². The topological polar surface area (TPSA) is 74.1 Å². The molecule has 1 amide bonds. The van der Waals surface area contributed by atoms with Crippen LogP contribution in [0.25, 0.3) is 0 Å². The Kier molecular flexibility index (Phi) is 5.60. The third-order valence-electron chi connectivity index (χ3n) is 3.87. The molecule has 2 rings (SSSR count). The van der Waals surface area contributed by atoms with E-state index in [0.717, 1.165) is 30.2 Å². The molecule has 1 aliphatic rings. The molecular formula is C14H23N3O4S. The highest BCUT2D eigenvalue weighted by Gasteiger charge is 2.26. The minimum atomic E-state index is -3.47. The fourth-order valence-electron chi connectivity index (χ4n) is 2.43. The summed E-state index contributed by atoms with van der Waals surface area (Å²) in [5.41, 5.74) is 0. The summed E-state index contributed by atoms with van der Waals surface area (Å²) in [5, 5.41) is 0. The van der Waals surface area contributed by atoms with Gasteiger partial charge in [-0.1, -0.05) is 6.92 Å². The molecule has 1 aromatic heterocycles. The third kappa shape index (κ3) is 4.56. The highest BCUT2D eigenvalue weighted by Crippen LogP contribution is 2.10. The predicted octanol–water partition coefficient (Wildman–Crippen LogP) is 0.205. The Bertz CT molecular complexity index is 577. The zero-order valence-corrected chi connectivity index (χ0v) is 13.9. The van der Waals surface area contributed by atoms with Crippen molar-refractivity contribution in [2.45, 2.75) is 13.5 Å². The fourth-order valence-corrected chi connectivity index (χ4v) is 3.14. The van der Waals surface area contributed by atoms with Crippen LogP contribution in [0.15, 0.2) is 22.8 Å². The van der Waals surface area contributed by atoms with Gasteiger partial charge in [-0.25, -0.2) is 8.42 Å². The van der Waals surface area contributed by atoms with Crippen molar-refractivity contribution in [3.05, 3.63) is 24.2 Å². The maximum Gasteiger partial charge on any atom is 0.238 e. The molecule has 1 aromatic rings. The lowest BCUT2D eigenvalue weighted by Crippen LogP contribution is -2.51. The monoisotopic (exact) mass is 329 g/mol. The minimum Gasteiger partial charge on any atom is -0.468 e. The Balaban J connectivity index is 1.97. The molecule has 0 spiro atoms. The smallest absolute Gasteiger partial charge is 0.238 e. The molecule has 22 heavy (non-hydrogen) atoms. The number of carbonyl (C=O) groups excluding carboxylic acids is 1. The molecule has 0 atom stereocenters. The zero-order chi connectivity index (χ0) is 16.2. The number of carbonyl (C=O) groups is 1. The highest BCUT2D eigenvalue weighted by atomic mass is 32.2. The Morgan fingerprint density at radius 2 is 2.00 bits per heavy atom. The van der Waals surface area contributed by atoms with E-state index in [9.17, 15) is 13.2 Å². The van der Waals surface area contributed by atoms with Gasteiger partial charge in [0.05, 0.1) is 25.6 Å². The SMILES string of the molecule is CCN1CCN(C(=O)CN(Cc2ccco2)S(C)(=O)=O)CC1. The van der Waals surface area contributed by atoms with Crippen molar-refractivity contribution in [3.8, 4) is 0 Å². The summed E-state index contributed by atoms with van der Waals surface area (Å²) in [4.78, 5) is 16.3. The first-order valence-electron chi connectivity index (χ1n) is 7.37. The molecule has 1 aliphatic heterocycles. The van der Waals surface area contributed by atoms with Crippen molar-refractivity contribution in [2.24, 2.45) is 0 Å². The Labute approximate surface area is 131 Å². The third-order valence-corrected chi connectivity index (χ3v) is 5.06. The van der Waals surface area contributed by atoms with Crippen LogP contribution in [0.1, 0.15) is 12.7 Å². The van der Waals surface area contributed by atoms with Crippen molar-refractivity contribution in [2.75, 3.05) is 45.5 Å². The quantitative estimate of drug-likeness (QED) is 0.746. The van der Waals surface area contributed by atoms with Crippen LogP contribution in [0.5, 0.6) is 0 Å². The Morgan fingerprint density at radius 3 is 2.50 bits per heavy atom. The second-order valence-corrected chi connectivity index (χ2v) is 7.41. The van der Waals surface area contributed by atoms with E-state index in [4.69, 9.17) is 4.42 Å². The van der Waals surface area contributed by atoms with Crippen LogP contribution in [-0.4, -0.2) is 74.0 Å². The van der Waals surface area contributed by atoms with Crippen LogP contribution >= 0.6 is 0 Å². The molecule has 0 unspecified atom stereocenters. The predicted molar refractivity (Wildman–Crippen MR) is 82.7 cm³/mol. The molecule has 1 fully saturated rings. The van der Waals surface area contributed by atoms with E-state index < -0.39 is 10.0 Å². The first kappa shape index (κ1) is 17.0. The fraction of sp³-hybridized carbons (Fsp3) is 0.643. The van der Waals surface area contributed by atoms with Gasteiger partial charge < -0.3 is 14.2 Å². The number of rotatable bonds is 6. The number of nitrogens with zero attached hydrogens (tertiary/aromatic N) is 3. The lowest BCUT2D eigenvalue weighted by atomic mass is 10.3. The van der Waals surface area contributed by atoms with E-state index in [2.05, 4.69) is 11.8 Å². The summed E-state index contributed by atoms with van der Waals surface area (Å²) in [6.07, 6.45) is 2.60. The number of furan rings is 1. The van der Waals surface area contributed by atoms with Gasteiger partial charge in [-0.15, -0.1) is 0 Å². The second kappa shape index (κ2) is 7.26. The average Bonchev–Trinajstić information content (AvgIpc) is 2.98. The summed E-state index contributed by atoms with van der Waals surface area (Å²) in [6.45, 7) is 5.94. The van der Waals surface area contributed by atoms with Crippen LogP contribution in [0.4, 0.5) is 0 Å². The number of sulfonamides is 1. The minimum absolute atomic E-state index is 0.0759. The van der Waals surface area contributed by atoms with Gasteiger partial charge in [-0.05, 0) is 18.7 Å². The van der Waals surface area contributed by atoms with Gasteiger partial charge in [0.2, 0.25) is 15.9 Å². The zero-order valence-electron chi connectivity index (χ0n) is 13.1. The lowest BCUT2D eigenvalue weighted by molar-refractivity contribution is -0.133. The van der Waals surface area contributed by atoms with Crippen molar-refractivity contribution in [3.63, 3.8) is 0 Å². The molecular weight excluding hydrogens is 306 g/mol. The van der Waals surface area contributed by atoms with Gasteiger partial charge in [-0.2, -0.15) is 4.31 Å². The van der Waals surface area contributed by atoms with Crippen molar-refractivity contribution < 1.29 is 17.6 Å². The molecule has 124 valence electrons. The standard InChI is InChI=1S/C14H23N3O4S/c1-3-15-6-8-16(9-7-15)14(18)12-17(22(2,19)20)11-13-5-4-10-21-13/h4-5,10H,3,6-9,11-12H2,1-2H3. The van der Waals surface area contributed by atoms with Gasteiger partial charge >= 0.3 is 0 Å². The van der Waals surface area contributed by atoms with Gasteiger partial charge in [0, 0.05) is 26.2 Å². The Morgan fingerprint density at radius 1 is 1.32 bits per heavy atom. The molecule has 0 saturated carbocycles. The number of piperazine rings is 1. The van der Waals surface area contributed by atoms with Gasteiger partial charge in [-0.3, -0.25) is 4.79 Å². The molecule has 0 aromatic carbocycles. The summed E-state index contributed by atoms with van der Waals surface area (Å²) >= 11 is 0. The number of hydrogen-bond acceptors (Lipinski definition) is 5. The van der Waals surface area contributed by atoms with Crippen molar-refractivity contribution in [1.82, 2.24) is 14.1 Å². The number of likely N-dealkylation sites (N-methyl/N-ethyl adjacent to an activating group) is 1. The van der Waals surface area contributed by atoms with E-state index in [0.29, 0.717) is 18.8 Å². The number of amides is 1. The summed E-state index contributed by atoms with van der Waals surface area (Å²) in [5.74, 6) is 0.363. The largest absolute Gasteiger partial charge is 0.468 e. The molecule has 0 radical (unpaired) electrons. The molecule has 0 bridgehead atoms. The van der Waals surface area contributed by atoms with Gasteiger partial charge in [0.1, 0.15) is 5.76 Å². The van der Waals surface area contributed by atoms with E-state index in [-0.39, 0.29) is 19.0 Å². The van der Waals surface area contributed by atoms with Crippen LogP contribution in [0.3, 0.4) is 0 Å². The second-order valence-electron chi connectivity index (χ2n) is 5.43. The highest BCUT2D eigenvalue weighted by molar-refractivity contribution is 7.88.